The van der Waals surface area contributed by atoms with Crippen molar-refractivity contribution in [3.05, 3.63) is 0 Å². The number of likely N-dealkylation sites (N-methyl/N-ethyl adjacent to an activating group) is 1. The molecule has 0 N–H and O–H groups in total. The average molecular weight is 318 g/mol. The third-order valence-electron chi connectivity index (χ3n) is 4.00. The Morgan fingerprint density at radius 1 is 1.29 bits per heavy atom. The van der Waals surface area contributed by atoms with Crippen molar-refractivity contribution in [2.24, 2.45) is 0 Å². The average Bonchev–Trinajstić information content (AvgIpc) is 2.53. The fourth-order valence-electron chi connectivity index (χ4n) is 2.80. The van der Waals surface area contributed by atoms with Gasteiger partial charge in [-0.05, 0) is 26.9 Å². The van der Waals surface area contributed by atoms with Crippen molar-refractivity contribution in [2.75, 3.05) is 67.2 Å². The van der Waals surface area contributed by atoms with Gasteiger partial charge in [0, 0.05) is 52.5 Å². The molecule has 124 valence electrons. The molecular formula is C14H30N2O4Si. The van der Waals surface area contributed by atoms with E-state index in [0.717, 1.165) is 58.3 Å². The Bertz CT molecular complexity index is 309. The standard InChI is InChI=1S/C14H30N2O4Si/c1-15(2)7-8-16-6-4-10-19-21(17-3)11-5-9-18-13-14(12-16)20-21/h14H,4-13H2,1-3H3. The lowest BCUT2D eigenvalue weighted by Crippen LogP contribution is -2.51. The molecule has 0 aromatic carbocycles. The lowest BCUT2D eigenvalue weighted by molar-refractivity contribution is -0.0258. The van der Waals surface area contributed by atoms with Gasteiger partial charge >= 0.3 is 8.80 Å². The zero-order chi connectivity index (χ0) is 15.1. The van der Waals surface area contributed by atoms with Gasteiger partial charge in [-0.15, -0.1) is 0 Å². The maximum Gasteiger partial charge on any atom is 0.501 e. The molecule has 0 amide bonds. The van der Waals surface area contributed by atoms with E-state index in [-0.39, 0.29) is 6.10 Å². The first kappa shape index (κ1) is 17.3. The van der Waals surface area contributed by atoms with Gasteiger partial charge < -0.3 is 22.9 Å². The summed E-state index contributed by atoms with van der Waals surface area (Å²) >= 11 is 0. The zero-order valence-corrected chi connectivity index (χ0v) is 14.7. The van der Waals surface area contributed by atoms with Crippen LogP contribution in [0.3, 0.4) is 0 Å². The van der Waals surface area contributed by atoms with Gasteiger partial charge in [-0.3, -0.25) is 4.90 Å². The highest BCUT2D eigenvalue weighted by molar-refractivity contribution is 6.60. The van der Waals surface area contributed by atoms with Crippen molar-refractivity contribution < 1.29 is 18.0 Å². The second-order valence-corrected chi connectivity index (χ2v) is 8.91. The molecule has 2 rings (SSSR count). The number of hydrogen-bond acceptors (Lipinski definition) is 6. The van der Waals surface area contributed by atoms with Crippen LogP contribution in [0.5, 0.6) is 0 Å². The Morgan fingerprint density at radius 3 is 2.90 bits per heavy atom. The smallest absolute Gasteiger partial charge is 0.379 e. The molecule has 2 aliphatic rings. The summed E-state index contributed by atoms with van der Waals surface area (Å²) < 4.78 is 23.8. The molecule has 2 fully saturated rings. The van der Waals surface area contributed by atoms with E-state index in [1.54, 1.807) is 7.11 Å². The lowest BCUT2D eigenvalue weighted by Gasteiger charge is -2.34. The molecule has 0 spiro atoms. The molecule has 6 nitrogen and oxygen atoms in total. The first-order valence-electron chi connectivity index (χ1n) is 7.95. The molecule has 0 aromatic rings. The second kappa shape index (κ2) is 8.57. The molecule has 0 saturated carbocycles. The molecule has 0 aliphatic carbocycles. The van der Waals surface area contributed by atoms with Crippen LogP contribution >= 0.6 is 0 Å². The van der Waals surface area contributed by atoms with Crippen molar-refractivity contribution in [3.8, 4) is 0 Å². The monoisotopic (exact) mass is 318 g/mol. The Balaban J connectivity index is 2.01. The van der Waals surface area contributed by atoms with Gasteiger partial charge in [0.15, 0.2) is 0 Å². The summed E-state index contributed by atoms with van der Waals surface area (Å²) in [4.78, 5) is 4.67. The first-order chi connectivity index (χ1) is 10.1. The van der Waals surface area contributed by atoms with E-state index in [9.17, 15) is 0 Å². The van der Waals surface area contributed by atoms with Crippen molar-refractivity contribution in [3.63, 3.8) is 0 Å². The van der Waals surface area contributed by atoms with Gasteiger partial charge in [-0.25, -0.2) is 0 Å². The minimum absolute atomic E-state index is 0.0529. The van der Waals surface area contributed by atoms with Crippen LogP contribution in [-0.4, -0.2) is 91.9 Å². The first-order valence-corrected chi connectivity index (χ1v) is 9.88. The highest BCUT2D eigenvalue weighted by Crippen LogP contribution is 2.23. The van der Waals surface area contributed by atoms with Crippen LogP contribution in [0, 0.1) is 0 Å². The predicted octanol–water partition coefficient (Wildman–Crippen LogP) is 0.661. The van der Waals surface area contributed by atoms with E-state index in [1.165, 1.54) is 0 Å². The van der Waals surface area contributed by atoms with Crippen LogP contribution in [-0.2, 0) is 18.0 Å². The van der Waals surface area contributed by atoms with Gasteiger partial charge in [0.25, 0.3) is 0 Å². The molecule has 0 radical (unpaired) electrons. The normalized spacial score (nSPS) is 32.9. The highest BCUT2D eigenvalue weighted by Gasteiger charge is 2.43. The fraction of sp³-hybridized carbons (Fsp3) is 1.00. The molecule has 2 unspecified atom stereocenters. The zero-order valence-electron chi connectivity index (χ0n) is 13.7. The number of ether oxygens (including phenoxy) is 1. The van der Waals surface area contributed by atoms with Crippen LogP contribution in [0.15, 0.2) is 0 Å². The number of fused-ring (bicyclic) bond motifs is 2. The molecule has 7 heteroatoms. The third-order valence-corrected chi connectivity index (χ3v) is 6.92. The van der Waals surface area contributed by atoms with Gasteiger partial charge in [-0.2, -0.15) is 0 Å². The Kier molecular flexibility index (Phi) is 7.07. The number of hydrogen-bond donors (Lipinski definition) is 0. The molecule has 21 heavy (non-hydrogen) atoms. The maximum absolute atomic E-state index is 6.30. The summed E-state index contributed by atoms with van der Waals surface area (Å²) in [6.45, 7) is 6.19. The summed E-state index contributed by atoms with van der Waals surface area (Å²) in [6.07, 6.45) is 2.04. The van der Waals surface area contributed by atoms with Crippen LogP contribution in [0.2, 0.25) is 6.04 Å². The van der Waals surface area contributed by atoms with E-state index in [0.29, 0.717) is 6.61 Å². The minimum Gasteiger partial charge on any atom is -0.379 e. The number of nitrogens with zero attached hydrogens (tertiary/aromatic N) is 2. The molecular weight excluding hydrogens is 288 g/mol. The Morgan fingerprint density at radius 2 is 2.14 bits per heavy atom. The van der Waals surface area contributed by atoms with Crippen molar-refractivity contribution >= 4 is 8.80 Å². The quantitative estimate of drug-likeness (QED) is 0.710. The van der Waals surface area contributed by atoms with Gasteiger partial charge in [-0.1, -0.05) is 0 Å². The maximum atomic E-state index is 6.30. The summed E-state index contributed by atoms with van der Waals surface area (Å²) in [7, 11) is 3.45. The van der Waals surface area contributed by atoms with Crippen LogP contribution in [0.25, 0.3) is 0 Å². The topological polar surface area (TPSA) is 43.4 Å². The van der Waals surface area contributed by atoms with Crippen molar-refractivity contribution in [2.45, 2.75) is 25.0 Å². The lowest BCUT2D eigenvalue weighted by atomic mass is 10.3. The van der Waals surface area contributed by atoms with Crippen LogP contribution in [0.1, 0.15) is 12.8 Å². The molecule has 0 aromatic heterocycles. The molecule has 2 atom stereocenters. The molecule has 2 heterocycles. The van der Waals surface area contributed by atoms with E-state index >= 15 is 0 Å². The van der Waals surface area contributed by atoms with E-state index in [1.807, 2.05) is 0 Å². The van der Waals surface area contributed by atoms with Crippen LogP contribution in [0.4, 0.5) is 0 Å². The SMILES string of the molecule is CO[Si]12CCCOCC(CN(CCN(C)C)CCCO1)O2. The summed E-state index contributed by atoms with van der Waals surface area (Å²) in [5.74, 6) is 0. The van der Waals surface area contributed by atoms with Gasteiger partial charge in [0.1, 0.15) is 0 Å². The molecule has 2 saturated heterocycles. The predicted molar refractivity (Wildman–Crippen MR) is 83.4 cm³/mol. The second-order valence-electron chi connectivity index (χ2n) is 6.11. The van der Waals surface area contributed by atoms with Crippen LogP contribution < -0.4 is 0 Å². The summed E-state index contributed by atoms with van der Waals surface area (Å²) in [5, 5.41) is 0. The summed E-state index contributed by atoms with van der Waals surface area (Å²) in [5.41, 5.74) is 0. The van der Waals surface area contributed by atoms with Gasteiger partial charge in [0.05, 0.1) is 12.7 Å². The minimum atomic E-state index is -2.50. The van der Waals surface area contributed by atoms with Gasteiger partial charge in [0.2, 0.25) is 0 Å². The molecule has 2 aliphatic heterocycles. The summed E-state index contributed by atoms with van der Waals surface area (Å²) in [6, 6.07) is 0.859. The van der Waals surface area contributed by atoms with E-state index in [4.69, 9.17) is 18.0 Å². The Hall–Kier alpha value is -0.0231. The third kappa shape index (κ3) is 5.59. The van der Waals surface area contributed by atoms with E-state index < -0.39 is 8.80 Å². The largest absolute Gasteiger partial charge is 0.501 e. The highest BCUT2D eigenvalue weighted by atomic mass is 28.4. The van der Waals surface area contributed by atoms with Crippen molar-refractivity contribution in [1.82, 2.24) is 9.80 Å². The van der Waals surface area contributed by atoms with Crippen molar-refractivity contribution in [1.29, 1.82) is 0 Å². The molecule has 2 bridgehead atoms. The number of rotatable bonds is 4. The Labute approximate surface area is 129 Å². The fourth-order valence-corrected chi connectivity index (χ4v) is 5.23. The van der Waals surface area contributed by atoms with E-state index in [2.05, 4.69) is 23.9 Å².